The maximum absolute atomic E-state index is 13.3. The van der Waals surface area contributed by atoms with E-state index in [2.05, 4.69) is 0 Å². The van der Waals surface area contributed by atoms with Gasteiger partial charge in [0.2, 0.25) is 0 Å². The standard InChI is InChI=1S/C27H25NO6/c1-15-14-22(34-4)16(2)13-19(15)25(30)23-24(17-9-11-18(33-3)12-10-17)28(27(32)26(23)31)20-7-5-6-8-21(20)29/h5-14,24,29-30H,1-4H3/b25-23+. The van der Waals surface area contributed by atoms with Crippen LogP contribution in [0.3, 0.4) is 0 Å². The predicted molar refractivity (Wildman–Crippen MR) is 128 cm³/mol. The molecule has 1 aliphatic heterocycles. The molecule has 174 valence electrons. The van der Waals surface area contributed by atoms with Gasteiger partial charge in [-0.2, -0.15) is 0 Å². The number of aliphatic hydroxyl groups excluding tert-OH is 1. The van der Waals surface area contributed by atoms with Crippen LogP contribution in [-0.2, 0) is 9.59 Å². The molecule has 0 radical (unpaired) electrons. The second-order valence-electron chi connectivity index (χ2n) is 8.07. The zero-order chi connectivity index (χ0) is 24.6. The lowest BCUT2D eigenvalue weighted by Gasteiger charge is -2.26. The van der Waals surface area contributed by atoms with Gasteiger partial charge in [-0.25, -0.2) is 0 Å². The minimum atomic E-state index is -0.957. The van der Waals surface area contributed by atoms with Gasteiger partial charge in [0.05, 0.1) is 31.5 Å². The lowest BCUT2D eigenvalue weighted by atomic mass is 9.93. The van der Waals surface area contributed by atoms with Crippen LogP contribution in [0.5, 0.6) is 17.2 Å². The van der Waals surface area contributed by atoms with E-state index in [9.17, 15) is 19.8 Å². The number of hydrogen-bond acceptors (Lipinski definition) is 6. The van der Waals surface area contributed by atoms with E-state index in [1.807, 2.05) is 6.92 Å². The Kier molecular flexibility index (Phi) is 6.03. The summed E-state index contributed by atoms with van der Waals surface area (Å²) in [6.45, 7) is 3.62. The molecular weight excluding hydrogens is 434 g/mol. The Morgan fingerprint density at radius 2 is 1.59 bits per heavy atom. The van der Waals surface area contributed by atoms with E-state index < -0.39 is 17.7 Å². The third kappa shape index (κ3) is 3.75. The van der Waals surface area contributed by atoms with Crippen molar-refractivity contribution in [1.29, 1.82) is 0 Å². The van der Waals surface area contributed by atoms with Crippen molar-refractivity contribution < 1.29 is 29.3 Å². The van der Waals surface area contributed by atoms with Crippen LogP contribution in [0.1, 0.15) is 28.3 Å². The van der Waals surface area contributed by atoms with Crippen LogP contribution in [0.2, 0.25) is 0 Å². The highest BCUT2D eigenvalue weighted by atomic mass is 16.5. The van der Waals surface area contributed by atoms with E-state index in [-0.39, 0.29) is 22.8 Å². The number of aromatic hydroxyl groups is 1. The molecule has 0 saturated carbocycles. The Labute approximate surface area is 197 Å². The first kappa shape index (κ1) is 22.9. The van der Waals surface area contributed by atoms with E-state index in [1.54, 1.807) is 68.6 Å². The molecule has 0 bridgehead atoms. The number of phenolic OH excluding ortho intramolecular Hbond substituents is 1. The van der Waals surface area contributed by atoms with Gasteiger partial charge in [-0.05, 0) is 66.9 Å². The molecule has 2 N–H and O–H groups in total. The third-order valence-corrected chi connectivity index (χ3v) is 6.01. The number of para-hydroxylation sites is 2. The summed E-state index contributed by atoms with van der Waals surface area (Å²) >= 11 is 0. The van der Waals surface area contributed by atoms with Gasteiger partial charge in [-0.15, -0.1) is 0 Å². The van der Waals surface area contributed by atoms with Crippen LogP contribution >= 0.6 is 0 Å². The van der Waals surface area contributed by atoms with Crippen LogP contribution in [-0.4, -0.2) is 36.1 Å². The summed E-state index contributed by atoms with van der Waals surface area (Å²) in [4.78, 5) is 27.8. The van der Waals surface area contributed by atoms with Gasteiger partial charge in [-0.1, -0.05) is 24.3 Å². The molecule has 1 saturated heterocycles. The number of aliphatic hydroxyl groups is 1. The van der Waals surface area contributed by atoms with Crippen molar-refractivity contribution in [3.63, 3.8) is 0 Å². The molecule has 0 aromatic heterocycles. The average molecular weight is 459 g/mol. The Bertz CT molecular complexity index is 1310. The SMILES string of the molecule is COc1ccc(C2/C(=C(\O)c3cc(C)c(OC)cc3C)C(=O)C(=O)N2c2ccccc2O)cc1. The first-order valence-corrected chi connectivity index (χ1v) is 10.7. The first-order chi connectivity index (χ1) is 16.3. The molecule has 3 aromatic rings. The maximum Gasteiger partial charge on any atom is 0.300 e. The predicted octanol–water partition coefficient (Wildman–Crippen LogP) is 4.65. The van der Waals surface area contributed by atoms with Crippen LogP contribution in [0.25, 0.3) is 5.76 Å². The van der Waals surface area contributed by atoms with Crippen molar-refractivity contribution in [3.05, 3.63) is 88.5 Å². The number of carbonyl (C=O) groups excluding carboxylic acids is 2. The van der Waals surface area contributed by atoms with Crippen molar-refractivity contribution in [2.24, 2.45) is 0 Å². The Morgan fingerprint density at radius 3 is 2.21 bits per heavy atom. The number of methoxy groups -OCH3 is 2. The topological polar surface area (TPSA) is 96.3 Å². The highest BCUT2D eigenvalue weighted by molar-refractivity contribution is 6.52. The van der Waals surface area contributed by atoms with Crippen LogP contribution in [0, 0.1) is 13.8 Å². The molecule has 1 heterocycles. The van der Waals surface area contributed by atoms with Crippen molar-refractivity contribution in [3.8, 4) is 17.2 Å². The molecule has 3 aromatic carbocycles. The maximum atomic E-state index is 13.3. The van der Waals surface area contributed by atoms with Gasteiger partial charge in [0.15, 0.2) is 0 Å². The molecule has 0 aliphatic carbocycles. The molecule has 1 fully saturated rings. The van der Waals surface area contributed by atoms with E-state index in [0.29, 0.717) is 28.2 Å². The van der Waals surface area contributed by atoms with E-state index in [1.165, 1.54) is 18.1 Å². The number of carbonyl (C=O) groups is 2. The molecule has 1 amide bonds. The number of rotatable bonds is 5. The average Bonchev–Trinajstić information content (AvgIpc) is 3.10. The summed E-state index contributed by atoms with van der Waals surface area (Å²) < 4.78 is 10.6. The van der Waals surface area contributed by atoms with Crippen molar-refractivity contribution in [2.45, 2.75) is 19.9 Å². The summed E-state index contributed by atoms with van der Waals surface area (Å²) in [5.74, 6) is -0.874. The molecule has 4 rings (SSSR count). The highest BCUT2D eigenvalue weighted by Crippen LogP contribution is 2.45. The van der Waals surface area contributed by atoms with Gasteiger partial charge in [0.1, 0.15) is 23.0 Å². The second kappa shape index (κ2) is 8.94. The summed E-state index contributed by atoms with van der Waals surface area (Å²) in [6.07, 6.45) is 0. The Hall–Kier alpha value is -4.26. The summed E-state index contributed by atoms with van der Waals surface area (Å²) in [5.41, 5.74) is 2.56. The number of nitrogens with zero attached hydrogens (tertiary/aromatic N) is 1. The number of ketones is 1. The van der Waals surface area contributed by atoms with E-state index >= 15 is 0 Å². The normalized spacial score (nSPS) is 17.2. The Morgan fingerprint density at radius 1 is 0.912 bits per heavy atom. The fraction of sp³-hybridized carbons (Fsp3) is 0.185. The van der Waals surface area contributed by atoms with Crippen LogP contribution in [0.4, 0.5) is 5.69 Å². The minimum absolute atomic E-state index is 0.0638. The number of amides is 1. The Balaban J connectivity index is 1.98. The largest absolute Gasteiger partial charge is 0.507 e. The number of aryl methyl sites for hydroxylation is 2. The van der Waals surface area contributed by atoms with Gasteiger partial charge in [-0.3, -0.25) is 14.5 Å². The van der Waals surface area contributed by atoms with Crippen LogP contribution in [0.15, 0.2) is 66.2 Å². The number of Topliss-reactive ketones (excluding diaryl/α,β-unsaturated/α-hetero) is 1. The lowest BCUT2D eigenvalue weighted by molar-refractivity contribution is -0.132. The summed E-state index contributed by atoms with van der Waals surface area (Å²) in [7, 11) is 3.10. The van der Waals surface area contributed by atoms with E-state index in [0.717, 1.165) is 5.56 Å². The summed E-state index contributed by atoms with van der Waals surface area (Å²) in [5, 5.41) is 21.9. The fourth-order valence-electron chi connectivity index (χ4n) is 4.26. The van der Waals surface area contributed by atoms with Crippen molar-refractivity contribution in [2.75, 3.05) is 19.1 Å². The number of hydrogen-bond donors (Lipinski definition) is 2. The quantitative estimate of drug-likeness (QED) is 0.328. The zero-order valence-electron chi connectivity index (χ0n) is 19.3. The molecule has 1 atom stereocenters. The number of anilines is 1. The minimum Gasteiger partial charge on any atom is -0.507 e. The molecule has 1 aliphatic rings. The first-order valence-electron chi connectivity index (χ1n) is 10.7. The molecular formula is C27H25NO6. The molecule has 7 heteroatoms. The summed E-state index contributed by atoms with van der Waals surface area (Å²) in [6, 6.07) is 15.7. The van der Waals surface area contributed by atoms with Gasteiger partial charge in [0.25, 0.3) is 11.7 Å². The molecule has 0 spiro atoms. The van der Waals surface area contributed by atoms with Crippen molar-refractivity contribution >= 4 is 23.1 Å². The molecule has 1 unspecified atom stereocenters. The smallest absolute Gasteiger partial charge is 0.300 e. The zero-order valence-corrected chi connectivity index (χ0v) is 19.3. The van der Waals surface area contributed by atoms with Gasteiger partial charge >= 0.3 is 0 Å². The van der Waals surface area contributed by atoms with E-state index in [4.69, 9.17) is 9.47 Å². The molecule has 34 heavy (non-hydrogen) atoms. The fourth-order valence-corrected chi connectivity index (χ4v) is 4.26. The third-order valence-electron chi connectivity index (χ3n) is 6.01. The number of phenols is 1. The van der Waals surface area contributed by atoms with Crippen molar-refractivity contribution in [1.82, 2.24) is 0 Å². The number of benzene rings is 3. The lowest BCUT2D eigenvalue weighted by Crippen LogP contribution is -2.29. The monoisotopic (exact) mass is 459 g/mol. The second-order valence-corrected chi connectivity index (χ2v) is 8.07. The van der Waals surface area contributed by atoms with Gasteiger partial charge < -0.3 is 19.7 Å². The number of ether oxygens (including phenoxy) is 2. The molecule has 7 nitrogen and oxygen atoms in total. The highest BCUT2D eigenvalue weighted by Gasteiger charge is 2.47. The van der Waals surface area contributed by atoms with Crippen LogP contribution < -0.4 is 14.4 Å². The van der Waals surface area contributed by atoms with Gasteiger partial charge in [0, 0.05) is 5.56 Å².